The summed E-state index contributed by atoms with van der Waals surface area (Å²) >= 11 is 1.79. The molecule has 1 aliphatic heterocycles. The lowest BCUT2D eigenvalue weighted by molar-refractivity contribution is 0.396. The zero-order chi connectivity index (χ0) is 10.3. The second-order valence-electron chi connectivity index (χ2n) is 4.62. The van der Waals surface area contributed by atoms with E-state index in [0.29, 0.717) is 5.41 Å². The molecule has 2 aliphatic rings. The van der Waals surface area contributed by atoms with Crippen LogP contribution in [0.25, 0.3) is 0 Å². The summed E-state index contributed by atoms with van der Waals surface area (Å²) in [6, 6.07) is 2.37. The Kier molecular flexibility index (Phi) is 2.08. The molecule has 2 heterocycles. The first kappa shape index (κ1) is 9.38. The van der Waals surface area contributed by atoms with E-state index in [-0.39, 0.29) is 0 Å². The van der Waals surface area contributed by atoms with Crippen LogP contribution in [0.1, 0.15) is 35.3 Å². The number of thiophene rings is 1. The Balaban J connectivity index is 2.16. The van der Waals surface area contributed by atoms with Crippen molar-refractivity contribution in [3.63, 3.8) is 0 Å². The van der Waals surface area contributed by atoms with Crippen LogP contribution in [0.5, 0.6) is 0 Å². The molecule has 1 unspecified atom stereocenters. The number of fused-ring (bicyclic) bond motifs is 2. The van der Waals surface area contributed by atoms with E-state index in [2.05, 4.69) is 16.8 Å². The molecule has 0 aromatic carbocycles. The monoisotopic (exact) mass is 218 g/mol. The minimum Gasteiger partial charge on any atom is -0.316 e. The van der Waals surface area contributed by atoms with E-state index in [9.17, 15) is 0 Å². The number of nitrogens with zero attached hydrogens (tertiary/aromatic N) is 1. The van der Waals surface area contributed by atoms with Crippen LogP contribution >= 0.6 is 11.3 Å². The van der Waals surface area contributed by atoms with Crippen molar-refractivity contribution in [3.8, 4) is 6.07 Å². The first-order valence-corrected chi connectivity index (χ1v) is 6.45. The van der Waals surface area contributed by atoms with Gasteiger partial charge < -0.3 is 5.32 Å². The molecule has 78 valence electrons. The highest BCUT2D eigenvalue weighted by molar-refractivity contribution is 7.10. The number of aryl methyl sites for hydroxylation is 1. The lowest BCUT2D eigenvalue weighted by atomic mass is 9.71. The van der Waals surface area contributed by atoms with Crippen molar-refractivity contribution in [1.29, 1.82) is 5.26 Å². The fourth-order valence-corrected chi connectivity index (χ4v) is 4.27. The summed E-state index contributed by atoms with van der Waals surface area (Å²) in [4.78, 5) is 1.47. The van der Waals surface area contributed by atoms with E-state index < -0.39 is 0 Å². The predicted molar refractivity (Wildman–Crippen MR) is 61.1 cm³/mol. The molecule has 2 nitrogen and oxygen atoms in total. The third kappa shape index (κ3) is 1.25. The summed E-state index contributed by atoms with van der Waals surface area (Å²) in [6.45, 7) is 2.19. The maximum Gasteiger partial charge on any atom is 0.100 e. The van der Waals surface area contributed by atoms with Crippen LogP contribution in [-0.4, -0.2) is 13.1 Å². The van der Waals surface area contributed by atoms with Gasteiger partial charge in [-0.05, 0) is 37.8 Å². The van der Waals surface area contributed by atoms with Crippen LogP contribution in [0.4, 0.5) is 0 Å². The minimum atomic E-state index is 0.304. The van der Waals surface area contributed by atoms with Crippen molar-refractivity contribution in [2.75, 3.05) is 13.1 Å². The second-order valence-corrected chi connectivity index (χ2v) is 5.58. The van der Waals surface area contributed by atoms with Gasteiger partial charge in [-0.15, -0.1) is 11.3 Å². The van der Waals surface area contributed by atoms with Gasteiger partial charge in [0.1, 0.15) is 6.07 Å². The molecule has 3 heteroatoms. The molecule has 1 aliphatic carbocycles. The first-order chi connectivity index (χ1) is 7.36. The van der Waals surface area contributed by atoms with Crippen LogP contribution in [-0.2, 0) is 11.8 Å². The van der Waals surface area contributed by atoms with Crippen molar-refractivity contribution in [2.45, 2.75) is 31.1 Å². The topological polar surface area (TPSA) is 35.8 Å². The molecule has 0 radical (unpaired) electrons. The fraction of sp³-hybridized carbons (Fsp3) is 0.583. The quantitative estimate of drug-likeness (QED) is 0.724. The molecular weight excluding hydrogens is 204 g/mol. The smallest absolute Gasteiger partial charge is 0.100 e. The van der Waals surface area contributed by atoms with Gasteiger partial charge in [-0.1, -0.05) is 0 Å². The van der Waals surface area contributed by atoms with Gasteiger partial charge in [0, 0.05) is 22.2 Å². The normalized spacial score (nSPS) is 29.0. The Morgan fingerprint density at radius 2 is 2.40 bits per heavy atom. The summed E-state index contributed by atoms with van der Waals surface area (Å²) in [7, 11) is 0. The molecule has 3 rings (SSSR count). The van der Waals surface area contributed by atoms with Crippen LogP contribution in [0, 0.1) is 11.3 Å². The Bertz CT molecular complexity index is 421. The van der Waals surface area contributed by atoms with Gasteiger partial charge in [0.15, 0.2) is 0 Å². The number of nitriles is 1. The average Bonchev–Trinajstić information content (AvgIpc) is 2.86. The summed E-state index contributed by atoms with van der Waals surface area (Å²) in [6.07, 6.45) is 4.95. The second kappa shape index (κ2) is 3.33. The standard InChI is InChI=1S/C12H14N2S/c13-6-9-7-15-10-2-1-3-12(11(9)10)4-5-14-8-12/h7,14H,1-5,8H2. The molecule has 0 saturated carbocycles. The molecule has 15 heavy (non-hydrogen) atoms. The highest BCUT2D eigenvalue weighted by Gasteiger charge is 2.41. The van der Waals surface area contributed by atoms with Gasteiger partial charge in [0.05, 0.1) is 5.56 Å². The third-order valence-electron chi connectivity index (χ3n) is 3.82. The van der Waals surface area contributed by atoms with Gasteiger partial charge in [0.2, 0.25) is 0 Å². The van der Waals surface area contributed by atoms with Gasteiger partial charge in [-0.25, -0.2) is 0 Å². The lowest BCUT2D eigenvalue weighted by Gasteiger charge is -2.33. The molecule has 1 fully saturated rings. The molecule has 1 N–H and O–H groups in total. The fourth-order valence-electron chi connectivity index (χ4n) is 3.13. The van der Waals surface area contributed by atoms with E-state index in [4.69, 9.17) is 5.26 Å². The van der Waals surface area contributed by atoms with Crippen LogP contribution in [0.15, 0.2) is 5.38 Å². The molecular formula is C12H14N2S. The van der Waals surface area contributed by atoms with E-state index >= 15 is 0 Å². The first-order valence-electron chi connectivity index (χ1n) is 5.57. The zero-order valence-electron chi connectivity index (χ0n) is 8.68. The molecule has 1 saturated heterocycles. The Morgan fingerprint density at radius 1 is 1.47 bits per heavy atom. The summed E-state index contributed by atoms with van der Waals surface area (Å²) in [5.41, 5.74) is 2.64. The Hall–Kier alpha value is -0.850. The number of nitrogens with one attached hydrogen (secondary N) is 1. The van der Waals surface area contributed by atoms with Crippen molar-refractivity contribution in [2.24, 2.45) is 0 Å². The van der Waals surface area contributed by atoms with Crippen LogP contribution in [0.2, 0.25) is 0 Å². The van der Waals surface area contributed by atoms with Gasteiger partial charge in [0.25, 0.3) is 0 Å². The van der Waals surface area contributed by atoms with E-state index in [1.807, 2.05) is 0 Å². The van der Waals surface area contributed by atoms with Crippen LogP contribution in [0.3, 0.4) is 0 Å². The summed E-state index contributed by atoms with van der Waals surface area (Å²) in [5, 5.41) is 14.7. The van der Waals surface area contributed by atoms with E-state index in [1.54, 1.807) is 11.3 Å². The predicted octanol–water partition coefficient (Wildman–Crippen LogP) is 2.19. The maximum atomic E-state index is 9.16. The van der Waals surface area contributed by atoms with Crippen molar-refractivity contribution < 1.29 is 0 Å². The van der Waals surface area contributed by atoms with Crippen LogP contribution < -0.4 is 5.32 Å². The van der Waals surface area contributed by atoms with Gasteiger partial charge in [-0.2, -0.15) is 5.26 Å². The molecule has 1 aromatic heterocycles. The summed E-state index contributed by atoms with van der Waals surface area (Å²) in [5.74, 6) is 0. The summed E-state index contributed by atoms with van der Waals surface area (Å²) < 4.78 is 0. The molecule has 1 spiro atoms. The number of rotatable bonds is 0. The largest absolute Gasteiger partial charge is 0.316 e. The lowest BCUT2D eigenvalue weighted by Crippen LogP contribution is -2.33. The Labute approximate surface area is 93.9 Å². The zero-order valence-corrected chi connectivity index (χ0v) is 9.49. The molecule has 0 amide bonds. The highest BCUT2D eigenvalue weighted by atomic mass is 32.1. The van der Waals surface area contributed by atoms with Gasteiger partial charge >= 0.3 is 0 Å². The maximum absolute atomic E-state index is 9.16. The van der Waals surface area contributed by atoms with E-state index in [0.717, 1.165) is 18.7 Å². The highest BCUT2D eigenvalue weighted by Crippen LogP contribution is 2.45. The number of hydrogen-bond donors (Lipinski definition) is 1. The number of hydrogen-bond acceptors (Lipinski definition) is 3. The third-order valence-corrected chi connectivity index (χ3v) is 4.87. The van der Waals surface area contributed by atoms with Crippen molar-refractivity contribution in [3.05, 3.63) is 21.4 Å². The SMILES string of the molecule is N#Cc1csc2c1C1(CCC2)CCNC1. The minimum absolute atomic E-state index is 0.304. The molecule has 1 atom stereocenters. The molecule has 1 aromatic rings. The van der Waals surface area contributed by atoms with Crippen molar-refractivity contribution in [1.82, 2.24) is 5.32 Å². The van der Waals surface area contributed by atoms with Crippen molar-refractivity contribution >= 4 is 11.3 Å². The van der Waals surface area contributed by atoms with E-state index in [1.165, 1.54) is 36.1 Å². The van der Waals surface area contributed by atoms with Gasteiger partial charge in [-0.3, -0.25) is 0 Å². The molecule has 0 bridgehead atoms. The Morgan fingerprint density at radius 3 is 3.13 bits per heavy atom. The average molecular weight is 218 g/mol.